The zero-order valence-corrected chi connectivity index (χ0v) is 14.4. The summed E-state index contributed by atoms with van der Waals surface area (Å²) >= 11 is 0. The third-order valence-corrected chi connectivity index (χ3v) is 3.62. The number of rotatable bonds is 10. The van der Waals surface area contributed by atoms with E-state index in [4.69, 9.17) is 10.5 Å². The minimum atomic E-state index is 0.0699. The van der Waals surface area contributed by atoms with Crippen LogP contribution in [0, 0.1) is 0 Å². The smallest absolute Gasteiger partial charge is 0.164 e. The molecule has 0 aliphatic rings. The molecule has 0 heterocycles. The Balaban J connectivity index is 2.60. The second kappa shape index (κ2) is 9.46. The van der Waals surface area contributed by atoms with Gasteiger partial charge in [0.15, 0.2) is 5.78 Å². The summed E-state index contributed by atoms with van der Waals surface area (Å²) in [5, 5.41) is 0. The molecule has 0 aromatic heterocycles. The third kappa shape index (κ3) is 6.06. The predicted molar refractivity (Wildman–Crippen MR) is 92.6 cm³/mol. The van der Waals surface area contributed by atoms with E-state index in [0.29, 0.717) is 23.4 Å². The number of ketones is 1. The predicted octanol–water partition coefficient (Wildman–Crippen LogP) is 3.75. The van der Waals surface area contributed by atoms with Gasteiger partial charge in [0, 0.05) is 18.5 Å². The first-order chi connectivity index (χ1) is 10.5. The SMILES string of the molecule is CCCCN(CC)CCC(=O)c1ccc(OC(C)C)c(N)c1. The molecule has 2 N–H and O–H groups in total. The number of ether oxygens (including phenoxy) is 1. The number of anilines is 1. The number of hydrogen-bond acceptors (Lipinski definition) is 4. The van der Waals surface area contributed by atoms with Gasteiger partial charge in [-0.15, -0.1) is 0 Å². The van der Waals surface area contributed by atoms with Gasteiger partial charge in [-0.1, -0.05) is 20.3 Å². The van der Waals surface area contributed by atoms with Crippen molar-refractivity contribution in [3.63, 3.8) is 0 Å². The number of carbonyl (C=O) groups is 1. The van der Waals surface area contributed by atoms with Crippen LogP contribution in [0.5, 0.6) is 5.75 Å². The van der Waals surface area contributed by atoms with E-state index in [2.05, 4.69) is 18.7 Å². The summed E-state index contributed by atoms with van der Waals surface area (Å²) in [6.45, 7) is 11.1. The van der Waals surface area contributed by atoms with Crippen LogP contribution in [0.25, 0.3) is 0 Å². The standard InChI is InChI=1S/C18H30N2O2/c1-5-7-11-20(6-2)12-10-17(21)15-8-9-18(16(19)13-15)22-14(3)4/h8-9,13-14H,5-7,10-12,19H2,1-4H3. The second-order valence-corrected chi connectivity index (χ2v) is 5.88. The van der Waals surface area contributed by atoms with Gasteiger partial charge < -0.3 is 15.4 Å². The first-order valence-corrected chi connectivity index (χ1v) is 8.29. The van der Waals surface area contributed by atoms with E-state index in [9.17, 15) is 4.79 Å². The molecule has 0 unspecified atom stereocenters. The maximum Gasteiger partial charge on any atom is 0.164 e. The fourth-order valence-corrected chi connectivity index (χ4v) is 2.30. The van der Waals surface area contributed by atoms with Crippen molar-refractivity contribution < 1.29 is 9.53 Å². The summed E-state index contributed by atoms with van der Waals surface area (Å²) in [5.41, 5.74) is 7.16. The molecule has 0 aliphatic heterocycles. The van der Waals surface area contributed by atoms with Gasteiger partial charge in [0.1, 0.15) is 5.75 Å². The van der Waals surface area contributed by atoms with Crippen molar-refractivity contribution in [1.29, 1.82) is 0 Å². The molecule has 0 bridgehead atoms. The number of Topliss-reactive ketones (excluding diaryl/α,β-unsaturated/α-hetero) is 1. The molecule has 0 radical (unpaired) electrons. The van der Waals surface area contributed by atoms with E-state index >= 15 is 0 Å². The highest BCUT2D eigenvalue weighted by Gasteiger charge is 2.11. The van der Waals surface area contributed by atoms with Gasteiger partial charge in [-0.3, -0.25) is 4.79 Å². The van der Waals surface area contributed by atoms with Gasteiger partial charge in [-0.2, -0.15) is 0 Å². The Morgan fingerprint density at radius 2 is 2.00 bits per heavy atom. The van der Waals surface area contributed by atoms with Crippen LogP contribution in [0.2, 0.25) is 0 Å². The van der Waals surface area contributed by atoms with E-state index in [0.717, 1.165) is 19.6 Å². The number of unbranched alkanes of at least 4 members (excludes halogenated alkanes) is 1. The van der Waals surface area contributed by atoms with Crippen LogP contribution < -0.4 is 10.5 Å². The molecule has 0 saturated carbocycles. The molecule has 0 aliphatic carbocycles. The number of hydrogen-bond donors (Lipinski definition) is 1. The lowest BCUT2D eigenvalue weighted by Gasteiger charge is -2.19. The van der Waals surface area contributed by atoms with Gasteiger partial charge in [0.25, 0.3) is 0 Å². The number of benzene rings is 1. The van der Waals surface area contributed by atoms with E-state index in [1.165, 1.54) is 12.8 Å². The number of nitrogens with two attached hydrogens (primary N) is 1. The molecule has 0 fully saturated rings. The summed E-state index contributed by atoms with van der Waals surface area (Å²) in [7, 11) is 0. The first-order valence-electron chi connectivity index (χ1n) is 8.29. The van der Waals surface area contributed by atoms with Crippen LogP contribution in [0.1, 0.15) is 57.3 Å². The van der Waals surface area contributed by atoms with Gasteiger partial charge in [-0.25, -0.2) is 0 Å². The molecule has 4 heteroatoms. The Hall–Kier alpha value is -1.55. The number of nitrogen functional groups attached to an aromatic ring is 1. The van der Waals surface area contributed by atoms with Gasteiger partial charge in [-0.05, 0) is 51.6 Å². The highest BCUT2D eigenvalue weighted by molar-refractivity contribution is 5.97. The molecule has 1 aromatic rings. The largest absolute Gasteiger partial charge is 0.489 e. The molecular weight excluding hydrogens is 276 g/mol. The van der Waals surface area contributed by atoms with Crippen LogP contribution in [-0.2, 0) is 0 Å². The van der Waals surface area contributed by atoms with Crippen LogP contribution in [0.3, 0.4) is 0 Å². The molecule has 0 amide bonds. The fourth-order valence-electron chi connectivity index (χ4n) is 2.30. The average Bonchev–Trinajstić information content (AvgIpc) is 2.48. The molecule has 0 saturated heterocycles. The number of nitrogens with zero attached hydrogens (tertiary/aromatic N) is 1. The van der Waals surface area contributed by atoms with E-state index in [1.807, 2.05) is 13.8 Å². The summed E-state index contributed by atoms with van der Waals surface area (Å²) in [6.07, 6.45) is 2.95. The van der Waals surface area contributed by atoms with Crippen molar-refractivity contribution in [3.8, 4) is 5.75 Å². The topological polar surface area (TPSA) is 55.6 Å². The summed E-state index contributed by atoms with van der Waals surface area (Å²) in [6, 6.07) is 5.32. The second-order valence-electron chi connectivity index (χ2n) is 5.88. The van der Waals surface area contributed by atoms with Crippen molar-refractivity contribution >= 4 is 11.5 Å². The molecule has 124 valence electrons. The van der Waals surface area contributed by atoms with Crippen molar-refractivity contribution in [2.75, 3.05) is 25.4 Å². The summed E-state index contributed by atoms with van der Waals surface area (Å²) < 4.78 is 5.60. The Morgan fingerprint density at radius 1 is 1.27 bits per heavy atom. The summed E-state index contributed by atoms with van der Waals surface area (Å²) in [4.78, 5) is 14.6. The Morgan fingerprint density at radius 3 is 2.55 bits per heavy atom. The van der Waals surface area contributed by atoms with Crippen LogP contribution in [0.4, 0.5) is 5.69 Å². The summed E-state index contributed by atoms with van der Waals surface area (Å²) in [5.74, 6) is 0.780. The van der Waals surface area contributed by atoms with Crippen LogP contribution >= 0.6 is 0 Å². The molecule has 4 nitrogen and oxygen atoms in total. The van der Waals surface area contributed by atoms with Gasteiger partial charge in [0.05, 0.1) is 11.8 Å². The van der Waals surface area contributed by atoms with Crippen molar-refractivity contribution in [2.24, 2.45) is 0 Å². The lowest BCUT2D eigenvalue weighted by molar-refractivity contribution is 0.0965. The molecular formula is C18H30N2O2. The van der Waals surface area contributed by atoms with Gasteiger partial charge in [0.2, 0.25) is 0 Å². The van der Waals surface area contributed by atoms with Crippen LogP contribution in [0.15, 0.2) is 18.2 Å². The number of carbonyl (C=O) groups excluding carboxylic acids is 1. The Kier molecular flexibility index (Phi) is 7.96. The molecule has 22 heavy (non-hydrogen) atoms. The molecule has 0 spiro atoms. The average molecular weight is 306 g/mol. The zero-order valence-electron chi connectivity index (χ0n) is 14.4. The first kappa shape index (κ1) is 18.5. The normalized spacial score (nSPS) is 11.2. The lowest BCUT2D eigenvalue weighted by atomic mass is 10.1. The monoisotopic (exact) mass is 306 g/mol. The quantitative estimate of drug-likeness (QED) is 0.528. The Labute approximate surface area is 134 Å². The van der Waals surface area contributed by atoms with E-state index < -0.39 is 0 Å². The van der Waals surface area contributed by atoms with E-state index in [-0.39, 0.29) is 11.9 Å². The molecule has 0 atom stereocenters. The van der Waals surface area contributed by atoms with Crippen molar-refractivity contribution in [3.05, 3.63) is 23.8 Å². The third-order valence-electron chi connectivity index (χ3n) is 3.62. The fraction of sp³-hybridized carbons (Fsp3) is 0.611. The highest BCUT2D eigenvalue weighted by Crippen LogP contribution is 2.24. The van der Waals surface area contributed by atoms with Crippen LogP contribution in [-0.4, -0.2) is 36.4 Å². The van der Waals surface area contributed by atoms with Crippen molar-refractivity contribution in [2.45, 2.75) is 53.1 Å². The highest BCUT2D eigenvalue weighted by atomic mass is 16.5. The minimum absolute atomic E-state index is 0.0699. The lowest BCUT2D eigenvalue weighted by Crippen LogP contribution is -2.27. The minimum Gasteiger partial charge on any atom is -0.489 e. The van der Waals surface area contributed by atoms with Crippen molar-refractivity contribution in [1.82, 2.24) is 4.90 Å². The van der Waals surface area contributed by atoms with E-state index in [1.54, 1.807) is 18.2 Å². The zero-order chi connectivity index (χ0) is 16.5. The van der Waals surface area contributed by atoms with Gasteiger partial charge >= 0.3 is 0 Å². The Bertz CT molecular complexity index is 472. The molecule has 1 rings (SSSR count). The maximum atomic E-state index is 12.3. The maximum absolute atomic E-state index is 12.3. The molecule has 1 aromatic carbocycles.